The van der Waals surface area contributed by atoms with Crippen LogP contribution in [-0.4, -0.2) is 23.2 Å². The summed E-state index contributed by atoms with van der Waals surface area (Å²) in [7, 11) is 0. The van der Waals surface area contributed by atoms with E-state index in [4.69, 9.17) is 44.3 Å². The molecule has 24 heavy (non-hydrogen) atoms. The molecule has 0 unspecified atom stereocenters. The Morgan fingerprint density at radius 2 is 1.62 bits per heavy atom. The van der Waals surface area contributed by atoms with Gasteiger partial charge in [0.25, 0.3) is 0 Å². The third-order valence-corrected chi connectivity index (χ3v) is 4.40. The van der Waals surface area contributed by atoms with Crippen molar-refractivity contribution < 1.29 is 9.47 Å². The zero-order valence-corrected chi connectivity index (χ0v) is 15.4. The third-order valence-electron chi connectivity index (χ3n) is 3.40. The molecule has 0 spiro atoms. The minimum Gasteiger partial charge on any atom is -0.490 e. The number of hydrogen-bond acceptors (Lipinski definition) is 3. The van der Waals surface area contributed by atoms with E-state index >= 15 is 0 Å². The maximum atomic E-state index is 6.36. The molecule has 0 bridgehead atoms. The summed E-state index contributed by atoms with van der Waals surface area (Å²) in [4.78, 5) is 7.77. The van der Waals surface area contributed by atoms with Crippen LogP contribution in [0, 0.1) is 0 Å². The summed E-state index contributed by atoms with van der Waals surface area (Å²) in [6, 6.07) is 7.10. The van der Waals surface area contributed by atoms with Crippen molar-refractivity contribution in [1.82, 2.24) is 9.97 Å². The molecule has 1 N–H and O–H groups in total. The fourth-order valence-electron chi connectivity index (χ4n) is 2.39. The van der Waals surface area contributed by atoms with Crippen LogP contribution < -0.4 is 9.47 Å². The first-order valence-electron chi connectivity index (χ1n) is 7.47. The second-order valence-corrected chi connectivity index (χ2v) is 6.24. The number of fused-ring (bicyclic) bond motifs is 1. The predicted molar refractivity (Wildman–Crippen MR) is 98.9 cm³/mol. The maximum absolute atomic E-state index is 6.36. The van der Waals surface area contributed by atoms with Gasteiger partial charge in [-0.2, -0.15) is 0 Å². The number of ether oxygens (including phenoxy) is 2. The van der Waals surface area contributed by atoms with Crippen LogP contribution in [0.1, 0.15) is 13.8 Å². The van der Waals surface area contributed by atoms with Crippen molar-refractivity contribution in [1.29, 1.82) is 0 Å². The SMILES string of the molecule is CCOc1cc(-c2nc3cc(Cl)c(Cl)cc3[nH]2)cc(Cl)c1OCC. The summed E-state index contributed by atoms with van der Waals surface area (Å²) in [6.45, 7) is 4.81. The molecule has 2 aromatic carbocycles. The number of benzene rings is 2. The van der Waals surface area contributed by atoms with E-state index in [9.17, 15) is 0 Å². The van der Waals surface area contributed by atoms with E-state index in [2.05, 4.69) is 9.97 Å². The highest BCUT2D eigenvalue weighted by Gasteiger charge is 2.15. The van der Waals surface area contributed by atoms with Gasteiger partial charge >= 0.3 is 0 Å². The number of aromatic amines is 1. The molecule has 0 aliphatic rings. The standard InChI is InChI=1S/C17H15Cl3N2O2/c1-3-23-15-6-9(5-12(20)16(15)24-4-2)17-21-13-7-10(18)11(19)8-14(13)22-17/h5-8H,3-4H2,1-2H3,(H,21,22). The van der Waals surface area contributed by atoms with Crippen LogP contribution >= 0.6 is 34.8 Å². The zero-order valence-electron chi connectivity index (χ0n) is 13.1. The number of nitrogens with one attached hydrogen (secondary N) is 1. The molecular weight excluding hydrogens is 371 g/mol. The lowest BCUT2D eigenvalue weighted by atomic mass is 10.2. The Morgan fingerprint density at radius 3 is 2.33 bits per heavy atom. The molecule has 0 saturated carbocycles. The van der Waals surface area contributed by atoms with Crippen molar-refractivity contribution in [3.05, 3.63) is 39.3 Å². The van der Waals surface area contributed by atoms with E-state index in [1.54, 1.807) is 18.2 Å². The fourth-order valence-corrected chi connectivity index (χ4v) is 2.98. The van der Waals surface area contributed by atoms with Gasteiger partial charge in [0.05, 0.1) is 39.3 Å². The second-order valence-electron chi connectivity index (χ2n) is 5.02. The fraction of sp³-hybridized carbons (Fsp3) is 0.235. The van der Waals surface area contributed by atoms with Crippen LogP contribution in [0.15, 0.2) is 24.3 Å². The van der Waals surface area contributed by atoms with Gasteiger partial charge in [-0.05, 0) is 38.1 Å². The van der Waals surface area contributed by atoms with Crippen molar-refractivity contribution in [2.45, 2.75) is 13.8 Å². The number of aromatic nitrogens is 2. The Labute approximate surface area is 154 Å². The molecule has 7 heteroatoms. The molecule has 0 aliphatic carbocycles. The summed E-state index contributed by atoms with van der Waals surface area (Å²) in [5, 5.41) is 1.40. The van der Waals surface area contributed by atoms with Crippen LogP contribution in [-0.2, 0) is 0 Å². The molecule has 1 heterocycles. The van der Waals surface area contributed by atoms with Gasteiger partial charge in [-0.15, -0.1) is 0 Å². The van der Waals surface area contributed by atoms with Gasteiger partial charge in [0.15, 0.2) is 11.5 Å². The highest BCUT2D eigenvalue weighted by Crippen LogP contribution is 2.39. The van der Waals surface area contributed by atoms with Gasteiger partial charge in [0.1, 0.15) is 5.82 Å². The van der Waals surface area contributed by atoms with Gasteiger partial charge in [-0.1, -0.05) is 34.8 Å². The number of nitrogens with zero attached hydrogens (tertiary/aromatic N) is 1. The van der Waals surface area contributed by atoms with Crippen molar-refractivity contribution in [2.24, 2.45) is 0 Å². The molecular formula is C17H15Cl3N2O2. The molecule has 0 aliphatic heterocycles. The minimum absolute atomic E-state index is 0.460. The Kier molecular flexibility index (Phi) is 5.09. The normalized spacial score (nSPS) is 11.0. The quantitative estimate of drug-likeness (QED) is 0.587. The van der Waals surface area contributed by atoms with Gasteiger partial charge in [-0.25, -0.2) is 4.98 Å². The van der Waals surface area contributed by atoms with Crippen LogP contribution in [0.5, 0.6) is 11.5 Å². The van der Waals surface area contributed by atoms with Crippen molar-refractivity contribution in [3.63, 3.8) is 0 Å². The summed E-state index contributed by atoms with van der Waals surface area (Å²) >= 11 is 18.5. The van der Waals surface area contributed by atoms with E-state index in [1.807, 2.05) is 19.9 Å². The highest BCUT2D eigenvalue weighted by atomic mass is 35.5. The smallest absolute Gasteiger partial charge is 0.179 e. The number of H-pyrrole nitrogens is 1. The average Bonchev–Trinajstić information content (AvgIpc) is 2.94. The van der Waals surface area contributed by atoms with Crippen LogP contribution in [0.3, 0.4) is 0 Å². The summed E-state index contributed by atoms with van der Waals surface area (Å²) in [5.41, 5.74) is 2.31. The van der Waals surface area contributed by atoms with Crippen molar-refractivity contribution in [3.8, 4) is 22.9 Å². The molecule has 0 saturated heterocycles. The number of rotatable bonds is 5. The van der Waals surface area contributed by atoms with E-state index in [0.29, 0.717) is 45.6 Å². The van der Waals surface area contributed by atoms with E-state index in [-0.39, 0.29) is 0 Å². The number of imidazole rings is 1. The van der Waals surface area contributed by atoms with Gasteiger partial charge in [-0.3, -0.25) is 0 Å². The minimum atomic E-state index is 0.460. The van der Waals surface area contributed by atoms with E-state index in [0.717, 1.165) is 16.6 Å². The zero-order chi connectivity index (χ0) is 17.3. The predicted octanol–water partition coefficient (Wildman–Crippen LogP) is 5.99. The first-order chi connectivity index (χ1) is 11.5. The average molecular weight is 386 g/mol. The molecule has 0 radical (unpaired) electrons. The summed E-state index contributed by atoms with van der Waals surface area (Å²) in [5.74, 6) is 1.76. The topological polar surface area (TPSA) is 47.1 Å². The summed E-state index contributed by atoms with van der Waals surface area (Å²) < 4.78 is 11.2. The van der Waals surface area contributed by atoms with Crippen molar-refractivity contribution >= 4 is 45.8 Å². The van der Waals surface area contributed by atoms with Crippen LogP contribution in [0.4, 0.5) is 0 Å². The number of halogens is 3. The van der Waals surface area contributed by atoms with E-state index in [1.165, 1.54) is 0 Å². The molecule has 0 atom stereocenters. The van der Waals surface area contributed by atoms with Gasteiger partial charge < -0.3 is 14.5 Å². The van der Waals surface area contributed by atoms with Crippen LogP contribution in [0.2, 0.25) is 15.1 Å². The lowest BCUT2D eigenvalue weighted by Crippen LogP contribution is -1.99. The molecule has 4 nitrogen and oxygen atoms in total. The largest absolute Gasteiger partial charge is 0.490 e. The molecule has 0 amide bonds. The lowest BCUT2D eigenvalue weighted by molar-refractivity contribution is 0.288. The Morgan fingerprint density at radius 1 is 0.917 bits per heavy atom. The summed E-state index contributed by atoms with van der Waals surface area (Å²) in [6.07, 6.45) is 0. The van der Waals surface area contributed by atoms with Crippen LogP contribution in [0.25, 0.3) is 22.4 Å². The Hall–Kier alpha value is -1.62. The Balaban J connectivity index is 2.11. The Bertz CT molecular complexity index is 854. The highest BCUT2D eigenvalue weighted by molar-refractivity contribution is 6.42. The monoisotopic (exact) mass is 384 g/mol. The van der Waals surface area contributed by atoms with Gasteiger partial charge in [0, 0.05) is 5.56 Å². The van der Waals surface area contributed by atoms with Crippen molar-refractivity contribution in [2.75, 3.05) is 13.2 Å². The molecule has 3 rings (SSSR count). The third kappa shape index (κ3) is 3.27. The lowest BCUT2D eigenvalue weighted by Gasteiger charge is -2.13. The number of hydrogen-bond donors (Lipinski definition) is 1. The van der Waals surface area contributed by atoms with E-state index < -0.39 is 0 Å². The molecule has 1 aromatic heterocycles. The molecule has 126 valence electrons. The van der Waals surface area contributed by atoms with Gasteiger partial charge in [0.2, 0.25) is 0 Å². The molecule has 3 aromatic rings. The maximum Gasteiger partial charge on any atom is 0.179 e. The second kappa shape index (κ2) is 7.09. The first-order valence-corrected chi connectivity index (χ1v) is 8.61. The first kappa shape index (κ1) is 17.2. The molecule has 0 fully saturated rings.